The van der Waals surface area contributed by atoms with Gasteiger partial charge in [0.15, 0.2) is 0 Å². The fourth-order valence-electron chi connectivity index (χ4n) is 3.86. The van der Waals surface area contributed by atoms with Crippen LogP contribution in [-0.4, -0.2) is 28.6 Å². The van der Waals surface area contributed by atoms with Gasteiger partial charge in [0.2, 0.25) is 0 Å². The first kappa shape index (κ1) is 24.1. The Hall–Kier alpha value is -2.54. The largest absolute Gasteiger partial charge is 0.457 e. The molecule has 0 aromatic heterocycles. The number of aliphatic imine (C=N–C) groups is 1. The average molecular weight is 505 g/mol. The summed E-state index contributed by atoms with van der Waals surface area (Å²) in [5.41, 5.74) is 1.83. The molecule has 4 nitrogen and oxygen atoms in total. The quantitative estimate of drug-likeness (QED) is 0.228. The molecule has 3 rings (SSSR count). The summed E-state index contributed by atoms with van der Waals surface area (Å²) in [7, 11) is 0. The number of unbranched alkanes of at least 4 members (excludes halogenated alkanes) is 2. The third kappa shape index (κ3) is 5.82. The Morgan fingerprint density at radius 2 is 1.84 bits per heavy atom. The van der Waals surface area contributed by atoms with Gasteiger partial charge in [0.25, 0.3) is 0 Å². The third-order valence-corrected chi connectivity index (χ3v) is 6.00. The first-order valence-corrected chi connectivity index (χ1v) is 11.8. The van der Waals surface area contributed by atoms with E-state index in [1.165, 1.54) is 12.1 Å². The highest BCUT2D eigenvalue weighted by Gasteiger charge is 2.36. The van der Waals surface area contributed by atoms with Gasteiger partial charge in [-0.15, -0.1) is 0 Å². The summed E-state index contributed by atoms with van der Waals surface area (Å²) in [6.45, 7) is 4.25. The summed E-state index contributed by atoms with van der Waals surface area (Å²) in [4.78, 5) is 19.7. The van der Waals surface area contributed by atoms with E-state index in [0.717, 1.165) is 36.2 Å². The minimum atomic E-state index is -0.736. The van der Waals surface area contributed by atoms with Gasteiger partial charge in [0.1, 0.15) is 24.1 Å². The normalized spacial score (nSPS) is 16.2. The number of benzene rings is 2. The van der Waals surface area contributed by atoms with Crippen LogP contribution in [0, 0.1) is 11.6 Å². The fourth-order valence-corrected chi connectivity index (χ4v) is 4.26. The molecule has 2 aromatic carbocycles. The zero-order chi connectivity index (χ0) is 23.1. The number of hydrogen-bond donors (Lipinski definition) is 0. The Bertz CT molecular complexity index is 1010. The first-order chi connectivity index (χ1) is 15.4. The number of ether oxygens (including phenoxy) is 1. The summed E-state index contributed by atoms with van der Waals surface area (Å²) >= 11 is 3.43. The maximum Gasteiger partial charge on any atom is 0.338 e. The van der Waals surface area contributed by atoms with Gasteiger partial charge in [-0.1, -0.05) is 58.7 Å². The van der Waals surface area contributed by atoms with Crippen molar-refractivity contribution in [1.82, 2.24) is 4.90 Å². The molecular weight excluding hydrogens is 478 g/mol. The van der Waals surface area contributed by atoms with E-state index >= 15 is 0 Å². The number of carbonyl (C=O) groups is 1. The SMILES string of the molecule is CC1=NC(C)=C(C(=O)OCc2ccccc2)C(c2ccc(F)cc2F)N1CCCCCBr. The second-order valence-electron chi connectivity index (χ2n) is 7.73. The minimum absolute atomic E-state index is 0.100. The molecule has 0 bridgehead atoms. The predicted octanol–water partition coefficient (Wildman–Crippen LogP) is 6.32. The van der Waals surface area contributed by atoms with Crippen LogP contribution in [0.15, 0.2) is 64.8 Å². The highest BCUT2D eigenvalue weighted by molar-refractivity contribution is 9.09. The number of allylic oxidation sites excluding steroid dienone is 1. The molecular formula is C25H27BrF2N2O2. The number of rotatable bonds is 9. The highest BCUT2D eigenvalue weighted by Crippen LogP contribution is 2.37. The zero-order valence-electron chi connectivity index (χ0n) is 18.3. The lowest BCUT2D eigenvalue weighted by atomic mass is 9.93. The number of hydrogen-bond acceptors (Lipinski definition) is 4. The van der Waals surface area contributed by atoms with Crippen molar-refractivity contribution in [3.05, 3.63) is 82.6 Å². The lowest BCUT2D eigenvalue weighted by molar-refractivity contribution is -0.141. The molecule has 0 fully saturated rings. The molecule has 32 heavy (non-hydrogen) atoms. The van der Waals surface area contributed by atoms with E-state index in [1.54, 1.807) is 6.92 Å². The van der Waals surface area contributed by atoms with Crippen molar-refractivity contribution in [2.45, 2.75) is 45.8 Å². The molecule has 0 amide bonds. The molecule has 0 aliphatic carbocycles. The van der Waals surface area contributed by atoms with Gasteiger partial charge in [-0.05, 0) is 38.3 Å². The predicted molar refractivity (Wildman–Crippen MR) is 125 cm³/mol. The highest BCUT2D eigenvalue weighted by atomic mass is 79.9. The van der Waals surface area contributed by atoms with E-state index in [0.29, 0.717) is 18.1 Å². The van der Waals surface area contributed by atoms with Gasteiger partial charge in [-0.25, -0.2) is 18.6 Å². The first-order valence-electron chi connectivity index (χ1n) is 10.7. The third-order valence-electron chi connectivity index (χ3n) is 5.44. The van der Waals surface area contributed by atoms with Crippen LogP contribution in [0.25, 0.3) is 0 Å². The van der Waals surface area contributed by atoms with Gasteiger partial charge in [-0.3, -0.25) is 0 Å². The van der Waals surface area contributed by atoms with Gasteiger partial charge in [0.05, 0.1) is 17.3 Å². The van der Waals surface area contributed by atoms with E-state index in [9.17, 15) is 13.6 Å². The van der Waals surface area contributed by atoms with E-state index in [1.807, 2.05) is 42.2 Å². The van der Waals surface area contributed by atoms with Gasteiger partial charge >= 0.3 is 5.97 Å². The van der Waals surface area contributed by atoms with Crippen LogP contribution in [0.1, 0.15) is 50.3 Å². The molecule has 1 aliphatic heterocycles. The van der Waals surface area contributed by atoms with Crippen molar-refractivity contribution in [2.24, 2.45) is 4.99 Å². The standard InChI is InChI=1S/C25H27BrF2N2O2/c1-17-23(25(31)32-16-19-9-5-3-6-10-19)24(21-12-11-20(27)15-22(21)28)30(18(2)29-17)14-8-4-7-13-26/h3,5-6,9-12,15,24H,4,7-8,13-14,16H2,1-2H3. The van der Waals surface area contributed by atoms with E-state index in [2.05, 4.69) is 20.9 Å². The monoisotopic (exact) mass is 504 g/mol. The average Bonchev–Trinajstić information content (AvgIpc) is 2.77. The van der Waals surface area contributed by atoms with Gasteiger partial charge in [0, 0.05) is 23.5 Å². The lowest BCUT2D eigenvalue weighted by Crippen LogP contribution is -2.40. The van der Waals surface area contributed by atoms with E-state index < -0.39 is 23.6 Å². The molecule has 2 aromatic rings. The molecule has 170 valence electrons. The van der Waals surface area contributed by atoms with Crippen LogP contribution in [-0.2, 0) is 16.1 Å². The second kappa shape index (κ2) is 11.4. The van der Waals surface area contributed by atoms with Crippen molar-refractivity contribution in [3.8, 4) is 0 Å². The van der Waals surface area contributed by atoms with Gasteiger partial charge in [-0.2, -0.15) is 0 Å². The van der Waals surface area contributed by atoms with E-state index in [-0.39, 0.29) is 17.7 Å². The molecule has 0 saturated heterocycles. The Kier molecular flexibility index (Phi) is 8.56. The van der Waals surface area contributed by atoms with Crippen LogP contribution in [0.3, 0.4) is 0 Å². The van der Waals surface area contributed by atoms with Crippen LogP contribution < -0.4 is 0 Å². The maximum atomic E-state index is 14.9. The van der Waals surface area contributed by atoms with Gasteiger partial charge < -0.3 is 9.64 Å². The number of amidine groups is 1. The molecule has 7 heteroatoms. The minimum Gasteiger partial charge on any atom is -0.457 e. The summed E-state index contributed by atoms with van der Waals surface area (Å²) < 4.78 is 34.1. The molecule has 0 radical (unpaired) electrons. The Balaban J connectivity index is 1.94. The molecule has 1 aliphatic rings. The summed E-state index contributed by atoms with van der Waals surface area (Å²) in [5.74, 6) is -1.22. The fraction of sp³-hybridized carbons (Fsp3) is 0.360. The number of nitrogens with zero attached hydrogens (tertiary/aromatic N) is 2. The summed E-state index contributed by atoms with van der Waals surface area (Å²) in [5, 5.41) is 0.909. The van der Waals surface area contributed by atoms with Crippen LogP contribution >= 0.6 is 15.9 Å². The molecule has 0 saturated carbocycles. The summed E-state index contributed by atoms with van der Waals surface area (Å²) in [6, 6.07) is 12.1. The number of carbonyl (C=O) groups excluding carboxylic acids is 1. The molecule has 1 atom stereocenters. The summed E-state index contributed by atoms with van der Waals surface area (Å²) in [6.07, 6.45) is 2.84. The lowest BCUT2D eigenvalue weighted by Gasteiger charge is -2.38. The maximum absolute atomic E-state index is 14.9. The van der Waals surface area contributed by atoms with Crippen molar-refractivity contribution >= 4 is 27.7 Å². The van der Waals surface area contributed by atoms with Crippen molar-refractivity contribution in [2.75, 3.05) is 11.9 Å². The smallest absolute Gasteiger partial charge is 0.338 e. The zero-order valence-corrected chi connectivity index (χ0v) is 19.9. The molecule has 0 N–H and O–H groups in total. The Morgan fingerprint density at radius 3 is 2.53 bits per heavy atom. The number of esters is 1. The van der Waals surface area contributed by atoms with Crippen molar-refractivity contribution in [3.63, 3.8) is 0 Å². The van der Waals surface area contributed by atoms with Crippen molar-refractivity contribution < 1.29 is 18.3 Å². The van der Waals surface area contributed by atoms with Crippen LogP contribution in [0.5, 0.6) is 0 Å². The van der Waals surface area contributed by atoms with E-state index in [4.69, 9.17) is 4.74 Å². The molecule has 0 spiro atoms. The molecule has 1 heterocycles. The van der Waals surface area contributed by atoms with Crippen LogP contribution in [0.4, 0.5) is 8.78 Å². The van der Waals surface area contributed by atoms with Crippen molar-refractivity contribution in [1.29, 1.82) is 0 Å². The number of halogens is 3. The Morgan fingerprint density at radius 1 is 1.09 bits per heavy atom. The topological polar surface area (TPSA) is 41.9 Å². The Labute approximate surface area is 196 Å². The van der Waals surface area contributed by atoms with Crippen LogP contribution in [0.2, 0.25) is 0 Å². The number of alkyl halides is 1. The molecule has 1 unspecified atom stereocenters. The second-order valence-corrected chi connectivity index (χ2v) is 8.52.